The highest BCUT2D eigenvalue weighted by atomic mass is 35.5. The molecule has 3 atom stereocenters. The number of halogens is 1. The van der Waals surface area contributed by atoms with Crippen LogP contribution in [0.2, 0.25) is 0 Å². The van der Waals surface area contributed by atoms with Gasteiger partial charge in [-0.15, -0.1) is 35.5 Å². The Kier molecular flexibility index (Phi) is 9.73. The van der Waals surface area contributed by atoms with Crippen molar-refractivity contribution < 1.29 is 38.2 Å². The van der Waals surface area contributed by atoms with Crippen LogP contribution < -0.4 is 11.1 Å². The van der Waals surface area contributed by atoms with Crippen molar-refractivity contribution in [3.05, 3.63) is 22.8 Å². The Balaban J connectivity index is 0.00000432. The first-order valence-corrected chi connectivity index (χ1v) is 11.9. The molecule has 192 valence electrons. The number of nitrogens with one attached hydrogen (secondary N) is 1. The smallest absolute Gasteiger partial charge is 0.431 e. The number of thiazole rings is 1. The Morgan fingerprint density at radius 1 is 1.26 bits per heavy atom. The predicted octanol–water partition coefficient (Wildman–Crippen LogP) is 1.23. The van der Waals surface area contributed by atoms with Gasteiger partial charge in [0.25, 0.3) is 11.8 Å². The molecule has 1 aromatic rings. The van der Waals surface area contributed by atoms with Crippen molar-refractivity contribution in [2.75, 3.05) is 18.6 Å². The van der Waals surface area contributed by atoms with Gasteiger partial charge in [0.15, 0.2) is 10.8 Å². The van der Waals surface area contributed by atoms with Crippen LogP contribution in [0.5, 0.6) is 0 Å². The molecular formula is C19H24ClN5O8S2. The third kappa shape index (κ3) is 6.55. The highest BCUT2D eigenvalue weighted by molar-refractivity contribution is 8.00. The molecule has 16 heteroatoms. The van der Waals surface area contributed by atoms with Crippen molar-refractivity contribution in [1.29, 1.82) is 0 Å². The Morgan fingerprint density at radius 3 is 2.57 bits per heavy atom. The first kappa shape index (κ1) is 28.2. The van der Waals surface area contributed by atoms with Gasteiger partial charge in [-0.05, 0) is 19.9 Å². The fourth-order valence-electron chi connectivity index (χ4n) is 3.02. The molecule has 0 radical (unpaired) electrons. The maximum Gasteiger partial charge on any atom is 0.511 e. The molecule has 3 heterocycles. The number of rotatable bonds is 8. The normalized spacial score (nSPS) is 19.9. The van der Waals surface area contributed by atoms with E-state index in [0.29, 0.717) is 5.75 Å². The van der Waals surface area contributed by atoms with Crippen molar-refractivity contribution in [3.8, 4) is 0 Å². The van der Waals surface area contributed by atoms with Crippen molar-refractivity contribution in [1.82, 2.24) is 15.2 Å². The number of carbonyl (C=O) groups is 4. The van der Waals surface area contributed by atoms with E-state index in [1.165, 1.54) is 42.2 Å². The van der Waals surface area contributed by atoms with Crippen LogP contribution in [0, 0.1) is 0 Å². The molecule has 2 aliphatic rings. The number of nitrogens with two attached hydrogens (primary N) is 1. The number of ether oxygens (including phenoxy) is 3. The summed E-state index contributed by atoms with van der Waals surface area (Å²) in [7, 11) is 1.27. The first-order valence-electron chi connectivity index (χ1n) is 9.98. The summed E-state index contributed by atoms with van der Waals surface area (Å²) in [6.45, 7) is 4.63. The summed E-state index contributed by atoms with van der Waals surface area (Å²) in [5, 5.41) is 7.52. The van der Waals surface area contributed by atoms with Crippen molar-refractivity contribution >= 4 is 70.3 Å². The SMILES string of the molecule is CO/N=C(\C(=O)NC1C(=O)N2C(C(=O)OC(C)OC(=O)OC(C)C)=CCS[C@H]12)c1csc(N)n1.Cl. The van der Waals surface area contributed by atoms with Gasteiger partial charge in [0, 0.05) is 18.1 Å². The number of anilines is 1. The van der Waals surface area contributed by atoms with Crippen LogP contribution in [0.3, 0.4) is 0 Å². The van der Waals surface area contributed by atoms with Gasteiger partial charge in [0.2, 0.25) is 6.29 Å². The minimum Gasteiger partial charge on any atom is -0.431 e. The van der Waals surface area contributed by atoms with Crippen molar-refractivity contribution in [3.63, 3.8) is 0 Å². The zero-order valence-electron chi connectivity index (χ0n) is 19.1. The molecule has 1 fully saturated rings. The lowest BCUT2D eigenvalue weighted by Gasteiger charge is -2.48. The summed E-state index contributed by atoms with van der Waals surface area (Å²) in [6, 6.07) is -0.915. The average Bonchev–Trinajstić information content (AvgIpc) is 3.19. The van der Waals surface area contributed by atoms with Gasteiger partial charge >= 0.3 is 12.1 Å². The van der Waals surface area contributed by atoms with E-state index in [0.717, 1.165) is 11.3 Å². The zero-order chi connectivity index (χ0) is 25.0. The minimum atomic E-state index is -1.24. The predicted molar refractivity (Wildman–Crippen MR) is 129 cm³/mol. The van der Waals surface area contributed by atoms with E-state index in [4.69, 9.17) is 24.8 Å². The van der Waals surface area contributed by atoms with E-state index < -0.39 is 47.7 Å². The number of aromatic nitrogens is 1. The fraction of sp³-hybridized carbons (Fsp3) is 0.474. The Hall–Kier alpha value is -3.04. The maximum absolute atomic E-state index is 12.8. The van der Waals surface area contributed by atoms with Gasteiger partial charge in [-0.3, -0.25) is 14.5 Å². The van der Waals surface area contributed by atoms with Gasteiger partial charge in [-0.1, -0.05) is 5.16 Å². The maximum atomic E-state index is 12.8. The average molecular weight is 550 g/mol. The summed E-state index contributed by atoms with van der Waals surface area (Å²) in [5.41, 5.74) is 5.67. The van der Waals surface area contributed by atoms with Gasteiger partial charge in [0.1, 0.15) is 29.9 Å². The van der Waals surface area contributed by atoms with E-state index in [1.54, 1.807) is 13.8 Å². The van der Waals surface area contributed by atoms with Crippen molar-refractivity contribution in [2.24, 2.45) is 5.16 Å². The molecule has 1 saturated heterocycles. The van der Waals surface area contributed by atoms with Crippen LogP contribution in [-0.2, 0) is 33.4 Å². The molecule has 13 nitrogen and oxygen atoms in total. The number of hydrogen-bond donors (Lipinski definition) is 2. The second kappa shape index (κ2) is 12.1. The lowest BCUT2D eigenvalue weighted by Crippen LogP contribution is -2.70. The number of nitrogen functional groups attached to an aromatic ring is 1. The quantitative estimate of drug-likeness (QED) is 0.157. The largest absolute Gasteiger partial charge is 0.511 e. The van der Waals surface area contributed by atoms with Gasteiger partial charge in [-0.25, -0.2) is 14.6 Å². The number of carbonyl (C=O) groups excluding carboxylic acids is 4. The molecule has 2 amide bonds. The molecule has 2 unspecified atom stereocenters. The summed E-state index contributed by atoms with van der Waals surface area (Å²) in [6.07, 6.45) is -1.10. The molecule has 0 spiro atoms. The Morgan fingerprint density at radius 2 is 1.97 bits per heavy atom. The zero-order valence-corrected chi connectivity index (χ0v) is 21.5. The molecule has 0 bridgehead atoms. The summed E-state index contributed by atoms with van der Waals surface area (Å²) >= 11 is 2.47. The van der Waals surface area contributed by atoms with Crippen LogP contribution in [0.25, 0.3) is 0 Å². The number of amides is 2. The van der Waals surface area contributed by atoms with E-state index in [9.17, 15) is 19.2 Å². The van der Waals surface area contributed by atoms with Crippen LogP contribution in [0.15, 0.2) is 22.3 Å². The van der Waals surface area contributed by atoms with Gasteiger partial charge in [-0.2, -0.15) is 0 Å². The Bertz CT molecular complexity index is 1050. The Labute approximate surface area is 214 Å². The lowest BCUT2D eigenvalue weighted by atomic mass is 10.0. The van der Waals surface area contributed by atoms with E-state index in [2.05, 4.69) is 15.5 Å². The lowest BCUT2D eigenvalue weighted by molar-refractivity contribution is -0.169. The summed E-state index contributed by atoms with van der Waals surface area (Å²) in [5.74, 6) is -1.67. The molecule has 0 aromatic carbocycles. The molecular weight excluding hydrogens is 526 g/mol. The van der Waals surface area contributed by atoms with E-state index in [-0.39, 0.29) is 34.6 Å². The monoisotopic (exact) mass is 549 g/mol. The fourth-order valence-corrected chi connectivity index (χ4v) is 4.76. The molecule has 35 heavy (non-hydrogen) atoms. The van der Waals surface area contributed by atoms with Crippen molar-refractivity contribution in [2.45, 2.75) is 44.6 Å². The highest BCUT2D eigenvalue weighted by Gasteiger charge is 2.53. The number of β-lactam (4-membered cyclic amide) rings is 1. The van der Waals surface area contributed by atoms with E-state index >= 15 is 0 Å². The molecule has 3 rings (SSSR count). The number of thioether (sulfide) groups is 1. The minimum absolute atomic E-state index is 0. The molecule has 1 aromatic heterocycles. The molecule has 0 aliphatic carbocycles. The molecule has 3 N–H and O–H groups in total. The number of nitrogens with zero attached hydrogens (tertiary/aromatic N) is 3. The van der Waals surface area contributed by atoms with Crippen LogP contribution >= 0.6 is 35.5 Å². The summed E-state index contributed by atoms with van der Waals surface area (Å²) < 4.78 is 14.8. The third-order valence-electron chi connectivity index (χ3n) is 4.37. The van der Waals surface area contributed by atoms with Crippen LogP contribution in [-0.4, -0.2) is 76.2 Å². The van der Waals surface area contributed by atoms with Crippen LogP contribution in [0.4, 0.5) is 9.93 Å². The highest BCUT2D eigenvalue weighted by Crippen LogP contribution is 2.38. The topological polar surface area (TPSA) is 172 Å². The first-order chi connectivity index (χ1) is 16.1. The number of oxime groups is 1. The third-order valence-corrected chi connectivity index (χ3v) is 6.23. The van der Waals surface area contributed by atoms with E-state index in [1.807, 2.05) is 0 Å². The molecule has 2 aliphatic heterocycles. The second-order valence-electron chi connectivity index (χ2n) is 7.17. The number of esters is 1. The number of fused-ring (bicyclic) bond motifs is 1. The van der Waals surface area contributed by atoms with Gasteiger partial charge in [0.05, 0.1) is 6.10 Å². The van der Waals surface area contributed by atoms with Crippen LogP contribution in [0.1, 0.15) is 26.5 Å². The molecule has 0 saturated carbocycles. The van der Waals surface area contributed by atoms with Gasteiger partial charge < -0.3 is 30.1 Å². The summed E-state index contributed by atoms with van der Waals surface area (Å²) in [4.78, 5) is 59.7. The standard InChI is InChI=1S/C19H23N5O8S2.ClH/c1-8(2)30-19(28)32-9(3)31-17(27)11-5-6-33-16-13(15(26)24(11)16)22-14(25)12(23-29-4)10-7-34-18(20)21-10;/h5,7-9,13,16H,6H2,1-4H3,(H2,20,21)(H,22,25);1H/b23-12-;/t9?,13?,16-;/m1./s1. The second-order valence-corrected chi connectivity index (χ2v) is 9.21. The number of hydrogen-bond acceptors (Lipinski definition) is 13.